The highest BCUT2D eigenvalue weighted by atomic mass is 16.5. The maximum atomic E-state index is 8.97. The fraction of sp³-hybridized carbons (Fsp3) is 0.611. The highest BCUT2D eigenvalue weighted by Gasteiger charge is 2.15. The molecular formula is C18H28N2O. The summed E-state index contributed by atoms with van der Waals surface area (Å²) in [5, 5.41) is 12.4. The van der Waals surface area contributed by atoms with Gasteiger partial charge in [0.25, 0.3) is 0 Å². The Hall–Kier alpha value is -1.53. The Morgan fingerprint density at radius 2 is 1.90 bits per heavy atom. The van der Waals surface area contributed by atoms with Crippen molar-refractivity contribution in [3.63, 3.8) is 0 Å². The van der Waals surface area contributed by atoms with E-state index < -0.39 is 0 Å². The third-order valence-electron chi connectivity index (χ3n) is 3.24. The molecule has 21 heavy (non-hydrogen) atoms. The van der Waals surface area contributed by atoms with Crippen LogP contribution in [0.5, 0.6) is 5.75 Å². The van der Waals surface area contributed by atoms with E-state index in [9.17, 15) is 0 Å². The summed E-state index contributed by atoms with van der Waals surface area (Å²) in [6.45, 7) is 11.9. The molecule has 0 saturated carbocycles. The molecular weight excluding hydrogens is 260 g/mol. The van der Waals surface area contributed by atoms with Crippen molar-refractivity contribution in [3.8, 4) is 11.8 Å². The van der Waals surface area contributed by atoms with Crippen LogP contribution in [0.15, 0.2) is 24.3 Å². The molecule has 0 bridgehead atoms. The van der Waals surface area contributed by atoms with Crippen molar-refractivity contribution in [3.05, 3.63) is 29.8 Å². The molecule has 1 aromatic rings. The number of nitriles is 1. The van der Waals surface area contributed by atoms with E-state index in [1.807, 2.05) is 26.0 Å². The predicted molar refractivity (Wildman–Crippen MR) is 87.2 cm³/mol. The molecule has 0 radical (unpaired) electrons. The fourth-order valence-electron chi connectivity index (χ4n) is 1.87. The van der Waals surface area contributed by atoms with Crippen molar-refractivity contribution in [1.29, 1.82) is 5.26 Å². The molecule has 0 spiro atoms. The average molecular weight is 288 g/mol. The molecule has 3 heteroatoms. The Morgan fingerprint density at radius 1 is 1.19 bits per heavy atom. The Bertz CT molecular complexity index is 481. The molecule has 0 amide bonds. The lowest BCUT2D eigenvalue weighted by molar-refractivity contribution is 0.284. The lowest BCUT2D eigenvalue weighted by Gasteiger charge is -2.20. The first-order chi connectivity index (χ1) is 9.72. The van der Waals surface area contributed by atoms with Crippen LogP contribution in [0.2, 0.25) is 0 Å². The summed E-state index contributed by atoms with van der Waals surface area (Å²) in [6, 6.07) is 10.5. The molecule has 1 rings (SSSR count). The largest absolute Gasteiger partial charge is 0.494 e. The molecule has 1 N–H and O–H groups in total. The van der Waals surface area contributed by atoms with Crippen LogP contribution >= 0.6 is 0 Å². The number of rotatable bonds is 7. The molecule has 0 unspecified atom stereocenters. The van der Waals surface area contributed by atoms with Gasteiger partial charge in [-0.15, -0.1) is 0 Å². The zero-order valence-electron chi connectivity index (χ0n) is 14.0. The highest BCUT2D eigenvalue weighted by Crippen LogP contribution is 2.21. The van der Waals surface area contributed by atoms with E-state index in [0.717, 1.165) is 25.1 Å². The second-order valence-corrected chi connectivity index (χ2v) is 7.20. The Kier molecular flexibility index (Phi) is 6.23. The minimum atomic E-state index is -0.262. The fourth-order valence-corrected chi connectivity index (χ4v) is 1.87. The van der Waals surface area contributed by atoms with E-state index >= 15 is 0 Å². The first-order valence-corrected chi connectivity index (χ1v) is 7.60. The number of benzene rings is 1. The first-order valence-electron chi connectivity index (χ1n) is 7.60. The van der Waals surface area contributed by atoms with Gasteiger partial charge in [-0.25, -0.2) is 0 Å². The van der Waals surface area contributed by atoms with Crippen molar-refractivity contribution in [1.82, 2.24) is 5.32 Å². The van der Waals surface area contributed by atoms with Crippen molar-refractivity contribution >= 4 is 0 Å². The molecule has 3 nitrogen and oxygen atoms in total. The number of ether oxygens (including phenoxy) is 1. The van der Waals surface area contributed by atoms with Gasteiger partial charge in [-0.2, -0.15) is 5.26 Å². The quantitative estimate of drug-likeness (QED) is 0.761. The number of nitrogens with one attached hydrogen (secondary N) is 1. The third kappa shape index (κ3) is 7.72. The van der Waals surface area contributed by atoms with E-state index in [2.05, 4.69) is 44.3 Å². The smallest absolute Gasteiger partial charge is 0.119 e. The summed E-state index contributed by atoms with van der Waals surface area (Å²) < 4.78 is 5.78. The van der Waals surface area contributed by atoms with Gasteiger partial charge in [0, 0.05) is 12.1 Å². The van der Waals surface area contributed by atoms with Crippen LogP contribution in [-0.4, -0.2) is 12.1 Å². The first kappa shape index (κ1) is 17.5. The summed E-state index contributed by atoms with van der Waals surface area (Å²) in [5.74, 6) is 0.901. The lowest BCUT2D eigenvalue weighted by atomic mass is 9.90. The second kappa shape index (κ2) is 7.47. The van der Waals surface area contributed by atoms with Gasteiger partial charge in [-0.05, 0) is 65.2 Å². The van der Waals surface area contributed by atoms with Gasteiger partial charge in [0.1, 0.15) is 5.75 Å². The second-order valence-electron chi connectivity index (χ2n) is 7.20. The van der Waals surface area contributed by atoms with Crippen LogP contribution in [0.3, 0.4) is 0 Å². The topological polar surface area (TPSA) is 45.0 Å². The molecule has 116 valence electrons. The maximum absolute atomic E-state index is 8.97. The summed E-state index contributed by atoms with van der Waals surface area (Å²) in [4.78, 5) is 0. The van der Waals surface area contributed by atoms with Gasteiger partial charge < -0.3 is 10.1 Å². The number of hydrogen-bond donors (Lipinski definition) is 1. The van der Waals surface area contributed by atoms with Crippen molar-refractivity contribution in [2.45, 2.75) is 59.5 Å². The van der Waals surface area contributed by atoms with Gasteiger partial charge in [0.05, 0.1) is 18.1 Å². The molecule has 0 aliphatic rings. The molecule has 0 aromatic heterocycles. The van der Waals surface area contributed by atoms with Crippen molar-refractivity contribution < 1.29 is 4.74 Å². The molecule has 1 aromatic carbocycles. The van der Waals surface area contributed by atoms with Crippen molar-refractivity contribution in [2.75, 3.05) is 6.61 Å². The van der Waals surface area contributed by atoms with Gasteiger partial charge in [0.15, 0.2) is 0 Å². The van der Waals surface area contributed by atoms with Crippen LogP contribution in [0.25, 0.3) is 0 Å². The van der Waals surface area contributed by atoms with Crippen LogP contribution in [0.4, 0.5) is 0 Å². The summed E-state index contributed by atoms with van der Waals surface area (Å²) in [5.41, 5.74) is 1.07. The molecule has 0 fully saturated rings. The summed E-state index contributed by atoms with van der Waals surface area (Å²) >= 11 is 0. The summed E-state index contributed by atoms with van der Waals surface area (Å²) in [6.07, 6.45) is 1.75. The zero-order valence-corrected chi connectivity index (χ0v) is 14.0. The zero-order chi connectivity index (χ0) is 15.9. The Labute approximate surface area is 129 Å². The van der Waals surface area contributed by atoms with Gasteiger partial charge in [0.2, 0.25) is 0 Å². The SMILES string of the molecule is CC(C)(C#N)CCCOc1cccc(CNC(C)(C)C)c1. The van der Waals surface area contributed by atoms with Crippen LogP contribution < -0.4 is 10.1 Å². The van der Waals surface area contributed by atoms with E-state index in [0.29, 0.717) is 6.61 Å². The molecule has 0 atom stereocenters. The number of hydrogen-bond acceptors (Lipinski definition) is 3. The Balaban J connectivity index is 2.41. The van der Waals surface area contributed by atoms with E-state index in [-0.39, 0.29) is 11.0 Å². The molecule has 0 saturated heterocycles. The molecule has 0 aliphatic carbocycles. The van der Waals surface area contributed by atoms with E-state index in [1.54, 1.807) is 0 Å². The van der Waals surface area contributed by atoms with Crippen LogP contribution in [0.1, 0.15) is 53.0 Å². The van der Waals surface area contributed by atoms with E-state index in [4.69, 9.17) is 10.00 Å². The molecule has 0 heterocycles. The van der Waals surface area contributed by atoms with Gasteiger partial charge >= 0.3 is 0 Å². The van der Waals surface area contributed by atoms with Crippen molar-refractivity contribution in [2.24, 2.45) is 5.41 Å². The van der Waals surface area contributed by atoms with Crippen LogP contribution in [-0.2, 0) is 6.54 Å². The molecule has 0 aliphatic heterocycles. The van der Waals surface area contributed by atoms with Crippen LogP contribution in [0, 0.1) is 16.7 Å². The lowest BCUT2D eigenvalue weighted by Crippen LogP contribution is -2.35. The van der Waals surface area contributed by atoms with E-state index in [1.165, 1.54) is 5.56 Å². The normalized spacial score (nSPS) is 12.0. The summed E-state index contributed by atoms with van der Waals surface area (Å²) in [7, 11) is 0. The Morgan fingerprint density at radius 3 is 2.52 bits per heavy atom. The minimum absolute atomic E-state index is 0.111. The maximum Gasteiger partial charge on any atom is 0.119 e. The average Bonchev–Trinajstić information content (AvgIpc) is 2.41. The third-order valence-corrected chi connectivity index (χ3v) is 3.24. The minimum Gasteiger partial charge on any atom is -0.494 e. The monoisotopic (exact) mass is 288 g/mol. The number of nitrogens with zero attached hydrogens (tertiary/aromatic N) is 1. The van der Waals surface area contributed by atoms with Gasteiger partial charge in [-0.1, -0.05) is 12.1 Å². The predicted octanol–water partition coefficient (Wildman–Crippen LogP) is 4.28. The standard InChI is InChI=1S/C18H28N2O/c1-17(2,3)20-13-15-8-6-9-16(12-15)21-11-7-10-18(4,5)14-19/h6,8-9,12,20H,7,10-11,13H2,1-5H3. The highest BCUT2D eigenvalue weighted by molar-refractivity contribution is 5.28. The van der Waals surface area contributed by atoms with Gasteiger partial charge in [-0.3, -0.25) is 0 Å².